The zero-order chi connectivity index (χ0) is 29.8. The third kappa shape index (κ3) is 13.5. The first-order valence-electron chi connectivity index (χ1n) is 12.6. The number of aliphatic hydroxyl groups excluding tert-OH is 4. The quantitative estimate of drug-likeness (QED) is 0.0614. The minimum Gasteiger partial charge on any atom is -0.462 e. The van der Waals surface area contributed by atoms with E-state index in [2.05, 4.69) is 4.52 Å². The maximum absolute atomic E-state index is 12.5. The summed E-state index contributed by atoms with van der Waals surface area (Å²) in [4.78, 5) is 52.0. The van der Waals surface area contributed by atoms with Crippen molar-refractivity contribution in [3.05, 3.63) is 0 Å². The number of esters is 2. The fourth-order valence-corrected chi connectivity index (χ4v) is 5.15. The van der Waals surface area contributed by atoms with E-state index in [4.69, 9.17) is 28.3 Å². The number of carbonyl (C=O) groups excluding carboxylic acids is 2. The second kappa shape index (κ2) is 17.1. The van der Waals surface area contributed by atoms with Crippen LogP contribution in [-0.2, 0) is 41.8 Å². The third-order valence-corrected chi connectivity index (χ3v) is 7.18. The van der Waals surface area contributed by atoms with Crippen molar-refractivity contribution in [2.45, 2.75) is 108 Å². The Morgan fingerprint density at radius 1 is 0.718 bits per heavy atom. The molecule has 16 nitrogen and oxygen atoms in total. The summed E-state index contributed by atoms with van der Waals surface area (Å²) in [6, 6.07) is 0. The van der Waals surface area contributed by atoms with Gasteiger partial charge in [0.05, 0.1) is 6.61 Å². The summed E-state index contributed by atoms with van der Waals surface area (Å²) < 4.78 is 47.6. The van der Waals surface area contributed by atoms with Crippen LogP contribution in [0.15, 0.2) is 0 Å². The van der Waals surface area contributed by atoms with E-state index in [1.165, 1.54) is 0 Å². The van der Waals surface area contributed by atoms with Crippen LogP contribution >= 0.6 is 15.6 Å². The van der Waals surface area contributed by atoms with Crippen molar-refractivity contribution >= 4 is 27.6 Å². The molecule has 18 heteroatoms. The largest absolute Gasteiger partial charge is 0.472 e. The molecule has 0 radical (unpaired) electrons. The van der Waals surface area contributed by atoms with Crippen molar-refractivity contribution in [2.24, 2.45) is 0 Å². The SMILES string of the molecule is CCCCCC(=O)OC[C@H](COP(=O)(O)OC1[C@H](O)[C@H](O)C(OP(=O)(O)O)[C@H](O)[C@H]1O)OC(=O)CCCCC. The minimum atomic E-state index is -5.28. The third-order valence-electron chi connectivity index (χ3n) is 5.68. The van der Waals surface area contributed by atoms with E-state index >= 15 is 0 Å². The molecule has 39 heavy (non-hydrogen) atoms. The molecule has 230 valence electrons. The van der Waals surface area contributed by atoms with Gasteiger partial charge in [0.1, 0.15) is 43.2 Å². The molecule has 0 amide bonds. The summed E-state index contributed by atoms with van der Waals surface area (Å²) >= 11 is 0. The fraction of sp³-hybridized carbons (Fsp3) is 0.905. The lowest BCUT2D eigenvalue weighted by molar-refractivity contribution is -0.216. The normalized spacial score (nSPS) is 27.9. The van der Waals surface area contributed by atoms with Gasteiger partial charge in [-0.1, -0.05) is 39.5 Å². The zero-order valence-electron chi connectivity index (χ0n) is 21.8. The van der Waals surface area contributed by atoms with Crippen molar-refractivity contribution in [2.75, 3.05) is 13.2 Å². The predicted octanol–water partition coefficient (Wildman–Crippen LogP) is 0.0393. The van der Waals surface area contributed by atoms with Crippen molar-refractivity contribution in [3.63, 3.8) is 0 Å². The number of carbonyl (C=O) groups is 2. The maximum atomic E-state index is 12.5. The van der Waals surface area contributed by atoms with Crippen LogP contribution in [-0.4, -0.2) is 103 Å². The summed E-state index contributed by atoms with van der Waals surface area (Å²) in [6.07, 6.45) is -10.2. The van der Waals surface area contributed by atoms with Gasteiger partial charge in [0.25, 0.3) is 0 Å². The number of hydrogen-bond donors (Lipinski definition) is 7. The highest BCUT2D eigenvalue weighted by atomic mass is 31.2. The molecule has 1 aliphatic carbocycles. The smallest absolute Gasteiger partial charge is 0.462 e. The lowest BCUT2D eigenvalue weighted by Gasteiger charge is -2.43. The Morgan fingerprint density at radius 3 is 1.64 bits per heavy atom. The minimum absolute atomic E-state index is 0.0379. The molecule has 7 N–H and O–H groups in total. The van der Waals surface area contributed by atoms with Crippen LogP contribution in [0.5, 0.6) is 0 Å². The van der Waals surface area contributed by atoms with Gasteiger partial charge in [-0.25, -0.2) is 9.13 Å². The second-order valence-electron chi connectivity index (χ2n) is 9.07. The van der Waals surface area contributed by atoms with E-state index in [0.29, 0.717) is 12.8 Å². The van der Waals surface area contributed by atoms with Gasteiger partial charge in [-0.3, -0.25) is 23.2 Å². The monoisotopic (exact) mass is 610 g/mol. The Balaban J connectivity index is 2.84. The molecule has 0 saturated heterocycles. The summed E-state index contributed by atoms with van der Waals surface area (Å²) in [5, 5.41) is 40.5. The zero-order valence-corrected chi connectivity index (χ0v) is 23.6. The van der Waals surface area contributed by atoms with Gasteiger partial charge in [-0.05, 0) is 12.8 Å². The molecule has 1 fully saturated rings. The van der Waals surface area contributed by atoms with Gasteiger partial charge in [0, 0.05) is 12.8 Å². The first-order chi connectivity index (χ1) is 18.1. The highest BCUT2D eigenvalue weighted by Crippen LogP contribution is 2.48. The van der Waals surface area contributed by atoms with E-state index in [1.807, 2.05) is 13.8 Å². The van der Waals surface area contributed by atoms with E-state index in [-0.39, 0.29) is 12.8 Å². The van der Waals surface area contributed by atoms with Gasteiger partial charge < -0.3 is 44.6 Å². The van der Waals surface area contributed by atoms with Crippen LogP contribution in [0.2, 0.25) is 0 Å². The van der Waals surface area contributed by atoms with Crippen molar-refractivity contribution < 1.29 is 76.9 Å². The average Bonchev–Trinajstić information content (AvgIpc) is 2.85. The number of ether oxygens (including phenoxy) is 2. The van der Waals surface area contributed by atoms with Gasteiger partial charge >= 0.3 is 27.6 Å². The molecule has 0 heterocycles. The van der Waals surface area contributed by atoms with Crippen molar-refractivity contribution in [1.82, 2.24) is 0 Å². The van der Waals surface area contributed by atoms with Crippen LogP contribution in [0.25, 0.3) is 0 Å². The highest BCUT2D eigenvalue weighted by molar-refractivity contribution is 7.47. The maximum Gasteiger partial charge on any atom is 0.472 e. The molecule has 0 aliphatic heterocycles. The lowest BCUT2D eigenvalue weighted by Crippen LogP contribution is -2.64. The number of aliphatic hydroxyl groups is 4. The lowest BCUT2D eigenvalue weighted by atomic mass is 9.85. The molecule has 0 aromatic heterocycles. The molecule has 0 bridgehead atoms. The molecule has 8 atom stereocenters. The summed E-state index contributed by atoms with van der Waals surface area (Å²) in [6.45, 7) is 2.57. The van der Waals surface area contributed by atoms with E-state index < -0.39 is 83.5 Å². The molecule has 0 aromatic rings. The topological polar surface area (TPSA) is 256 Å². The van der Waals surface area contributed by atoms with Crippen LogP contribution in [0.1, 0.15) is 65.2 Å². The molecule has 1 saturated carbocycles. The number of phosphoric ester groups is 2. The molecular weight excluding hydrogens is 570 g/mol. The Bertz CT molecular complexity index is 834. The van der Waals surface area contributed by atoms with Crippen molar-refractivity contribution in [1.29, 1.82) is 0 Å². The van der Waals surface area contributed by atoms with E-state index in [9.17, 15) is 44.0 Å². The molecule has 0 aromatic carbocycles. The second-order valence-corrected chi connectivity index (χ2v) is 11.7. The molecule has 1 rings (SSSR count). The highest BCUT2D eigenvalue weighted by Gasteiger charge is 2.54. The average molecular weight is 610 g/mol. The van der Waals surface area contributed by atoms with Gasteiger partial charge in [-0.15, -0.1) is 0 Å². The van der Waals surface area contributed by atoms with E-state index in [1.54, 1.807) is 0 Å². The van der Waals surface area contributed by atoms with Crippen LogP contribution < -0.4 is 0 Å². The first-order valence-corrected chi connectivity index (χ1v) is 15.6. The Kier molecular flexibility index (Phi) is 15.8. The fourth-order valence-electron chi connectivity index (χ4n) is 3.61. The van der Waals surface area contributed by atoms with Crippen LogP contribution in [0.3, 0.4) is 0 Å². The molecule has 3 unspecified atom stereocenters. The summed E-state index contributed by atoms with van der Waals surface area (Å²) in [5.74, 6) is -1.25. The Labute approximate surface area is 226 Å². The Morgan fingerprint density at radius 2 is 1.18 bits per heavy atom. The van der Waals surface area contributed by atoms with E-state index in [0.717, 1.165) is 25.7 Å². The standard InChI is InChI=1S/C21H40O16P2/c1-3-5-7-9-14(22)33-11-13(35-15(23)10-8-6-4-2)12-34-39(31,32)37-21-18(26)16(24)20(17(25)19(21)27)36-38(28,29)30/h13,16-21,24-27H,3-12H2,1-2H3,(H,31,32)(H2,28,29,30)/t13-,16-,17+,18-,19-,20?,21?/m1/s1. The van der Waals surface area contributed by atoms with Crippen LogP contribution in [0, 0.1) is 0 Å². The Hall–Kier alpha value is -1.00. The first kappa shape index (κ1) is 36.0. The molecular formula is C21H40O16P2. The van der Waals surface area contributed by atoms with Crippen LogP contribution in [0.4, 0.5) is 0 Å². The van der Waals surface area contributed by atoms with Gasteiger partial charge in [-0.2, -0.15) is 0 Å². The summed E-state index contributed by atoms with van der Waals surface area (Å²) in [7, 11) is -10.5. The summed E-state index contributed by atoms with van der Waals surface area (Å²) in [5.41, 5.74) is 0. The number of rotatable bonds is 18. The molecule has 1 aliphatic rings. The van der Waals surface area contributed by atoms with Crippen molar-refractivity contribution in [3.8, 4) is 0 Å². The predicted molar refractivity (Wildman–Crippen MR) is 131 cm³/mol. The number of unbranched alkanes of at least 4 members (excludes halogenated alkanes) is 4. The molecule has 0 spiro atoms. The number of hydrogen-bond acceptors (Lipinski definition) is 13. The number of phosphoric acid groups is 2. The van der Waals surface area contributed by atoms with Gasteiger partial charge in [0.15, 0.2) is 6.10 Å². The van der Waals surface area contributed by atoms with Gasteiger partial charge in [0.2, 0.25) is 0 Å².